The average Bonchev–Trinajstić information content (AvgIpc) is 3.04. The number of carboxylic acid groups (broad SMARTS) is 1. The third kappa shape index (κ3) is 2.59. The van der Waals surface area contributed by atoms with Gasteiger partial charge in [0.25, 0.3) is 0 Å². The number of carbonyl (C=O) groups is 1. The molecule has 0 aliphatic heterocycles. The maximum Gasteiger partial charge on any atom is 0.339 e. The largest absolute Gasteiger partial charge is 0.478 e. The SMILES string of the molecule is O=C(O)c1cn(-c2cccc(F)c2)nc1-c1ccc(Br)o1. The first-order valence-corrected chi connectivity index (χ1v) is 6.68. The van der Waals surface area contributed by atoms with Crippen LogP contribution in [0.15, 0.2) is 51.7 Å². The summed E-state index contributed by atoms with van der Waals surface area (Å²) in [6, 6.07) is 8.96. The molecule has 0 bridgehead atoms. The van der Waals surface area contributed by atoms with Gasteiger partial charge in [0.2, 0.25) is 0 Å². The highest BCUT2D eigenvalue weighted by Crippen LogP contribution is 2.27. The third-order valence-corrected chi connectivity index (χ3v) is 3.25. The van der Waals surface area contributed by atoms with Crippen LogP contribution in [0.25, 0.3) is 17.1 Å². The number of aromatic nitrogens is 2. The zero-order valence-corrected chi connectivity index (χ0v) is 12.0. The van der Waals surface area contributed by atoms with E-state index in [4.69, 9.17) is 4.42 Å². The third-order valence-electron chi connectivity index (χ3n) is 2.82. The molecule has 0 saturated carbocycles. The van der Waals surface area contributed by atoms with Crippen molar-refractivity contribution in [1.29, 1.82) is 0 Å². The molecule has 2 heterocycles. The highest BCUT2D eigenvalue weighted by Gasteiger charge is 2.20. The van der Waals surface area contributed by atoms with Gasteiger partial charge >= 0.3 is 5.97 Å². The molecule has 5 nitrogen and oxygen atoms in total. The standard InChI is InChI=1S/C14H8BrFN2O3/c15-12-5-4-11(21-12)13-10(14(19)20)7-18(17-13)9-3-1-2-8(16)6-9/h1-7H,(H,19,20). The van der Waals surface area contributed by atoms with Gasteiger partial charge in [-0.3, -0.25) is 0 Å². The van der Waals surface area contributed by atoms with E-state index >= 15 is 0 Å². The molecule has 0 spiro atoms. The number of hydrogen-bond donors (Lipinski definition) is 1. The van der Waals surface area contributed by atoms with Crippen molar-refractivity contribution in [3.8, 4) is 17.1 Å². The van der Waals surface area contributed by atoms with Gasteiger partial charge in [0, 0.05) is 6.20 Å². The van der Waals surface area contributed by atoms with E-state index in [0.29, 0.717) is 16.1 Å². The summed E-state index contributed by atoms with van der Waals surface area (Å²) in [5.74, 6) is -1.25. The lowest BCUT2D eigenvalue weighted by atomic mass is 10.2. The predicted octanol–water partition coefficient (Wildman–Crippen LogP) is 3.73. The summed E-state index contributed by atoms with van der Waals surface area (Å²) in [6.45, 7) is 0. The van der Waals surface area contributed by atoms with Crippen molar-refractivity contribution in [3.05, 3.63) is 58.6 Å². The molecule has 2 aromatic heterocycles. The zero-order chi connectivity index (χ0) is 15.0. The van der Waals surface area contributed by atoms with Crippen LogP contribution in [-0.2, 0) is 0 Å². The van der Waals surface area contributed by atoms with E-state index < -0.39 is 11.8 Å². The van der Waals surface area contributed by atoms with E-state index in [9.17, 15) is 14.3 Å². The number of nitrogens with zero attached hydrogens (tertiary/aromatic N) is 2. The summed E-state index contributed by atoms with van der Waals surface area (Å²) in [7, 11) is 0. The van der Waals surface area contributed by atoms with Crippen molar-refractivity contribution < 1.29 is 18.7 Å². The summed E-state index contributed by atoms with van der Waals surface area (Å²) in [4.78, 5) is 11.3. The molecule has 0 saturated heterocycles. The molecule has 0 atom stereocenters. The molecule has 0 amide bonds. The number of furan rings is 1. The van der Waals surface area contributed by atoms with Crippen LogP contribution in [0.5, 0.6) is 0 Å². The Labute approximate surface area is 126 Å². The van der Waals surface area contributed by atoms with E-state index in [1.807, 2.05) is 0 Å². The van der Waals surface area contributed by atoms with Gasteiger partial charge in [0.15, 0.2) is 10.4 Å². The molecule has 0 unspecified atom stereocenters. The van der Waals surface area contributed by atoms with Crippen molar-refractivity contribution in [3.63, 3.8) is 0 Å². The summed E-state index contributed by atoms with van der Waals surface area (Å²) in [5, 5.41) is 13.4. The Morgan fingerprint density at radius 2 is 2.14 bits per heavy atom. The lowest BCUT2D eigenvalue weighted by Gasteiger charge is -2.00. The fourth-order valence-electron chi connectivity index (χ4n) is 1.90. The quantitative estimate of drug-likeness (QED) is 0.781. The van der Waals surface area contributed by atoms with Gasteiger partial charge in [-0.15, -0.1) is 0 Å². The van der Waals surface area contributed by atoms with Gasteiger partial charge in [-0.1, -0.05) is 6.07 Å². The summed E-state index contributed by atoms with van der Waals surface area (Å²) in [5.41, 5.74) is 0.577. The Morgan fingerprint density at radius 3 is 2.76 bits per heavy atom. The number of benzene rings is 1. The van der Waals surface area contributed by atoms with E-state index in [0.717, 1.165) is 0 Å². The van der Waals surface area contributed by atoms with E-state index in [1.54, 1.807) is 18.2 Å². The Hall–Kier alpha value is -2.41. The van der Waals surface area contributed by atoms with Gasteiger partial charge < -0.3 is 9.52 Å². The molecule has 0 fully saturated rings. The lowest BCUT2D eigenvalue weighted by Crippen LogP contribution is -1.96. The molecule has 3 aromatic rings. The molecular formula is C14H8BrFN2O3. The van der Waals surface area contributed by atoms with Crippen molar-refractivity contribution in [2.24, 2.45) is 0 Å². The minimum atomic E-state index is -1.14. The molecule has 0 aliphatic rings. The number of carboxylic acids is 1. The predicted molar refractivity (Wildman–Crippen MR) is 75.9 cm³/mol. The van der Waals surface area contributed by atoms with Crippen LogP contribution in [-0.4, -0.2) is 20.9 Å². The number of hydrogen-bond acceptors (Lipinski definition) is 3. The summed E-state index contributed by atoms with van der Waals surface area (Å²) in [6.07, 6.45) is 1.32. The van der Waals surface area contributed by atoms with Crippen LogP contribution < -0.4 is 0 Å². The highest BCUT2D eigenvalue weighted by molar-refractivity contribution is 9.10. The van der Waals surface area contributed by atoms with Crippen molar-refractivity contribution in [2.75, 3.05) is 0 Å². The van der Waals surface area contributed by atoms with Crippen molar-refractivity contribution in [2.45, 2.75) is 0 Å². The topological polar surface area (TPSA) is 68.3 Å². The number of aromatic carboxylic acids is 1. The second-order valence-electron chi connectivity index (χ2n) is 4.22. The van der Waals surface area contributed by atoms with Crippen LogP contribution in [0.4, 0.5) is 4.39 Å². The second kappa shape index (κ2) is 5.17. The minimum absolute atomic E-state index is 0.0267. The fraction of sp³-hybridized carbons (Fsp3) is 0. The average molecular weight is 351 g/mol. The normalized spacial score (nSPS) is 10.8. The molecule has 21 heavy (non-hydrogen) atoms. The Bertz CT molecular complexity index is 825. The molecule has 0 radical (unpaired) electrons. The maximum absolute atomic E-state index is 13.3. The smallest absolute Gasteiger partial charge is 0.339 e. The Kier molecular flexibility index (Phi) is 3.34. The van der Waals surface area contributed by atoms with Crippen LogP contribution in [0.3, 0.4) is 0 Å². The van der Waals surface area contributed by atoms with E-state index in [2.05, 4.69) is 21.0 Å². The van der Waals surface area contributed by atoms with Crippen molar-refractivity contribution >= 4 is 21.9 Å². The summed E-state index contributed by atoms with van der Waals surface area (Å²) >= 11 is 3.15. The Balaban J connectivity index is 2.15. The van der Waals surface area contributed by atoms with Crippen molar-refractivity contribution in [1.82, 2.24) is 9.78 Å². The van der Waals surface area contributed by atoms with Gasteiger partial charge in [-0.25, -0.2) is 13.9 Å². The number of halogens is 2. The van der Waals surface area contributed by atoms with Crippen LogP contribution in [0, 0.1) is 5.82 Å². The van der Waals surface area contributed by atoms with Gasteiger partial charge in [0.1, 0.15) is 17.1 Å². The fourth-order valence-corrected chi connectivity index (χ4v) is 2.21. The molecule has 7 heteroatoms. The van der Waals surface area contributed by atoms with Crippen LogP contribution in [0.2, 0.25) is 0 Å². The highest BCUT2D eigenvalue weighted by atomic mass is 79.9. The zero-order valence-electron chi connectivity index (χ0n) is 10.5. The molecule has 3 rings (SSSR count). The van der Waals surface area contributed by atoms with E-state index in [-0.39, 0.29) is 11.3 Å². The van der Waals surface area contributed by atoms with Gasteiger partial charge in [-0.05, 0) is 46.3 Å². The van der Waals surface area contributed by atoms with Crippen LogP contribution in [0.1, 0.15) is 10.4 Å². The number of rotatable bonds is 3. The molecule has 1 aromatic carbocycles. The Morgan fingerprint density at radius 1 is 1.33 bits per heavy atom. The first-order valence-electron chi connectivity index (χ1n) is 5.89. The molecule has 0 aliphatic carbocycles. The van der Waals surface area contributed by atoms with Gasteiger partial charge in [0.05, 0.1) is 5.69 Å². The maximum atomic E-state index is 13.3. The van der Waals surface area contributed by atoms with E-state index in [1.165, 1.54) is 29.1 Å². The monoisotopic (exact) mass is 350 g/mol. The lowest BCUT2D eigenvalue weighted by molar-refractivity contribution is 0.0697. The summed E-state index contributed by atoms with van der Waals surface area (Å²) < 4.78 is 20.4. The second-order valence-corrected chi connectivity index (χ2v) is 5.01. The molecule has 106 valence electrons. The molecular weight excluding hydrogens is 343 g/mol. The van der Waals surface area contributed by atoms with Crippen LogP contribution >= 0.6 is 15.9 Å². The first-order chi connectivity index (χ1) is 10.0. The van der Waals surface area contributed by atoms with Gasteiger partial charge in [-0.2, -0.15) is 5.10 Å². The molecule has 1 N–H and O–H groups in total. The minimum Gasteiger partial charge on any atom is -0.478 e. The first kappa shape index (κ1) is 13.6.